The zero-order chi connectivity index (χ0) is 15.5. The Bertz CT molecular complexity index is 527. The molecule has 0 aliphatic carbocycles. The third kappa shape index (κ3) is 3.36. The number of rotatable bonds is 4. The molecular weight excluding hydrogens is 294 g/mol. The van der Waals surface area contributed by atoms with E-state index in [9.17, 15) is 14.7 Å². The summed E-state index contributed by atoms with van der Waals surface area (Å²) in [5.41, 5.74) is -0.507. The van der Waals surface area contributed by atoms with Crippen LogP contribution in [0.4, 0.5) is 0 Å². The van der Waals surface area contributed by atoms with Gasteiger partial charge in [-0.25, -0.2) is 0 Å². The molecule has 5 nitrogen and oxygen atoms in total. The van der Waals surface area contributed by atoms with Crippen molar-refractivity contribution in [2.75, 3.05) is 26.8 Å². The van der Waals surface area contributed by atoms with Gasteiger partial charge in [0.15, 0.2) is 0 Å². The third-order valence-corrected chi connectivity index (χ3v) is 4.08. The lowest BCUT2D eigenvalue weighted by atomic mass is 9.80. The van der Waals surface area contributed by atoms with Crippen LogP contribution in [-0.2, 0) is 9.53 Å². The second-order valence-electron chi connectivity index (χ2n) is 5.36. The lowest BCUT2D eigenvalue weighted by molar-refractivity contribution is -0.155. The molecule has 1 saturated heterocycles. The number of piperidine rings is 1. The molecule has 0 aromatic heterocycles. The summed E-state index contributed by atoms with van der Waals surface area (Å²) in [4.78, 5) is 25.6. The number of carboxylic acids is 1. The average molecular weight is 312 g/mol. The maximum atomic E-state index is 12.5. The molecule has 1 aliphatic rings. The van der Waals surface area contributed by atoms with Crippen LogP contribution in [0.15, 0.2) is 24.3 Å². The zero-order valence-electron chi connectivity index (χ0n) is 11.8. The molecule has 1 fully saturated rings. The van der Waals surface area contributed by atoms with E-state index in [2.05, 4.69) is 0 Å². The van der Waals surface area contributed by atoms with Crippen molar-refractivity contribution in [3.05, 3.63) is 34.9 Å². The van der Waals surface area contributed by atoms with Crippen LogP contribution in [0.3, 0.4) is 0 Å². The number of methoxy groups -OCH3 is 1. The topological polar surface area (TPSA) is 66.8 Å². The molecule has 1 aromatic rings. The predicted molar refractivity (Wildman–Crippen MR) is 78.5 cm³/mol. The maximum absolute atomic E-state index is 12.5. The molecule has 0 saturated carbocycles. The van der Waals surface area contributed by atoms with Gasteiger partial charge in [-0.15, -0.1) is 0 Å². The van der Waals surface area contributed by atoms with Crippen molar-refractivity contribution in [3.63, 3.8) is 0 Å². The van der Waals surface area contributed by atoms with Gasteiger partial charge in [0.1, 0.15) is 5.41 Å². The van der Waals surface area contributed by atoms with Crippen molar-refractivity contribution in [2.45, 2.75) is 12.8 Å². The summed E-state index contributed by atoms with van der Waals surface area (Å²) in [6, 6.07) is 6.60. The van der Waals surface area contributed by atoms with Crippen molar-refractivity contribution in [1.29, 1.82) is 0 Å². The monoisotopic (exact) mass is 311 g/mol. The number of carbonyl (C=O) groups excluding carboxylic acids is 1. The fraction of sp³-hybridized carbons (Fsp3) is 0.467. The minimum atomic E-state index is -1.02. The van der Waals surface area contributed by atoms with E-state index < -0.39 is 11.4 Å². The molecular formula is C15H18ClNO4. The van der Waals surface area contributed by atoms with E-state index >= 15 is 0 Å². The first-order valence-electron chi connectivity index (χ1n) is 6.76. The highest BCUT2D eigenvalue weighted by molar-refractivity contribution is 6.30. The SMILES string of the molecule is COCC1(C(=O)O)CCCN(C(=O)c2ccc(Cl)cc2)C1. The predicted octanol–water partition coefficient (Wildman–Crippen LogP) is 2.29. The number of halogens is 1. The Kier molecular flexibility index (Phi) is 4.85. The standard InChI is InChI=1S/C15H18ClNO4/c1-21-10-15(14(19)20)7-2-8-17(9-15)13(18)11-3-5-12(16)6-4-11/h3-6H,2,7-10H2,1H3,(H,19,20). The number of hydrogen-bond acceptors (Lipinski definition) is 3. The highest BCUT2D eigenvalue weighted by Crippen LogP contribution is 2.31. The minimum Gasteiger partial charge on any atom is -0.481 e. The second kappa shape index (κ2) is 6.45. The highest BCUT2D eigenvalue weighted by atomic mass is 35.5. The molecule has 1 amide bonds. The van der Waals surface area contributed by atoms with E-state index in [-0.39, 0.29) is 19.1 Å². The molecule has 0 spiro atoms. The van der Waals surface area contributed by atoms with Gasteiger partial charge in [-0.1, -0.05) is 11.6 Å². The molecule has 1 aliphatic heterocycles. The van der Waals surface area contributed by atoms with Crippen molar-refractivity contribution in [1.82, 2.24) is 4.90 Å². The van der Waals surface area contributed by atoms with Gasteiger partial charge in [-0.05, 0) is 37.1 Å². The highest BCUT2D eigenvalue weighted by Gasteiger charge is 2.43. The number of hydrogen-bond donors (Lipinski definition) is 1. The summed E-state index contributed by atoms with van der Waals surface area (Å²) >= 11 is 5.81. The van der Waals surface area contributed by atoms with Gasteiger partial charge >= 0.3 is 5.97 Å². The fourth-order valence-electron chi connectivity index (χ4n) is 2.71. The summed E-state index contributed by atoms with van der Waals surface area (Å²) in [6.07, 6.45) is 1.16. The van der Waals surface area contributed by atoms with Crippen LogP contribution in [-0.4, -0.2) is 48.7 Å². The molecule has 1 aromatic carbocycles. The van der Waals surface area contributed by atoms with Crippen LogP contribution in [0.25, 0.3) is 0 Å². The fourth-order valence-corrected chi connectivity index (χ4v) is 2.84. The van der Waals surface area contributed by atoms with Crippen LogP contribution >= 0.6 is 11.6 Å². The van der Waals surface area contributed by atoms with E-state index in [1.165, 1.54) is 7.11 Å². The third-order valence-electron chi connectivity index (χ3n) is 3.83. The van der Waals surface area contributed by atoms with Crippen LogP contribution < -0.4 is 0 Å². The molecule has 0 bridgehead atoms. The zero-order valence-corrected chi connectivity index (χ0v) is 12.6. The van der Waals surface area contributed by atoms with Gasteiger partial charge in [0, 0.05) is 30.8 Å². The Morgan fingerprint density at radius 1 is 1.38 bits per heavy atom. The first-order valence-corrected chi connectivity index (χ1v) is 7.13. The summed E-state index contributed by atoms with van der Waals surface area (Å²) in [7, 11) is 1.48. The first kappa shape index (κ1) is 15.8. The summed E-state index contributed by atoms with van der Waals surface area (Å²) in [5.74, 6) is -1.09. The Balaban J connectivity index is 2.18. The number of carbonyl (C=O) groups is 2. The first-order chi connectivity index (χ1) is 9.98. The largest absolute Gasteiger partial charge is 0.481 e. The van der Waals surface area contributed by atoms with Gasteiger partial charge in [0.25, 0.3) is 5.91 Å². The molecule has 1 heterocycles. The summed E-state index contributed by atoms with van der Waals surface area (Å²) < 4.78 is 5.06. The van der Waals surface area contributed by atoms with E-state index in [1.807, 2.05) is 0 Å². The number of likely N-dealkylation sites (tertiary alicyclic amines) is 1. The number of aliphatic carboxylic acids is 1. The lowest BCUT2D eigenvalue weighted by Gasteiger charge is -2.39. The molecule has 21 heavy (non-hydrogen) atoms. The normalized spacial score (nSPS) is 22.1. The van der Waals surface area contributed by atoms with Crippen LogP contribution in [0, 0.1) is 5.41 Å². The van der Waals surface area contributed by atoms with Gasteiger partial charge in [-0.2, -0.15) is 0 Å². The molecule has 2 rings (SSSR count). The Hall–Kier alpha value is -1.59. The van der Waals surface area contributed by atoms with Crippen LogP contribution in [0.1, 0.15) is 23.2 Å². The Morgan fingerprint density at radius 2 is 2.05 bits per heavy atom. The molecule has 1 N–H and O–H groups in total. The molecule has 6 heteroatoms. The Morgan fingerprint density at radius 3 is 2.62 bits per heavy atom. The van der Waals surface area contributed by atoms with Crippen LogP contribution in [0.2, 0.25) is 5.02 Å². The van der Waals surface area contributed by atoms with E-state index in [1.54, 1.807) is 29.2 Å². The number of carboxylic acid groups (broad SMARTS) is 1. The van der Waals surface area contributed by atoms with E-state index in [0.29, 0.717) is 30.0 Å². The molecule has 114 valence electrons. The van der Waals surface area contributed by atoms with Crippen molar-refractivity contribution >= 4 is 23.5 Å². The molecule has 0 radical (unpaired) electrons. The average Bonchev–Trinajstić information content (AvgIpc) is 2.48. The Labute approximate surface area is 128 Å². The van der Waals surface area contributed by atoms with Crippen molar-refractivity contribution in [2.24, 2.45) is 5.41 Å². The van der Waals surface area contributed by atoms with E-state index in [4.69, 9.17) is 16.3 Å². The summed E-state index contributed by atoms with van der Waals surface area (Å²) in [6.45, 7) is 0.824. The van der Waals surface area contributed by atoms with Gasteiger partial charge in [-0.3, -0.25) is 9.59 Å². The van der Waals surface area contributed by atoms with Crippen LogP contribution in [0.5, 0.6) is 0 Å². The molecule has 1 unspecified atom stereocenters. The van der Waals surface area contributed by atoms with Gasteiger partial charge < -0.3 is 14.7 Å². The maximum Gasteiger partial charge on any atom is 0.313 e. The number of ether oxygens (including phenoxy) is 1. The van der Waals surface area contributed by atoms with Gasteiger partial charge in [0.2, 0.25) is 0 Å². The molecule has 1 atom stereocenters. The number of amides is 1. The van der Waals surface area contributed by atoms with Gasteiger partial charge in [0.05, 0.1) is 6.61 Å². The number of nitrogens with zero attached hydrogens (tertiary/aromatic N) is 1. The van der Waals surface area contributed by atoms with E-state index in [0.717, 1.165) is 0 Å². The summed E-state index contributed by atoms with van der Waals surface area (Å²) in [5, 5.41) is 10.1. The van der Waals surface area contributed by atoms with Crippen molar-refractivity contribution in [3.8, 4) is 0 Å². The second-order valence-corrected chi connectivity index (χ2v) is 5.79. The smallest absolute Gasteiger partial charge is 0.313 e. The number of benzene rings is 1. The minimum absolute atomic E-state index is 0.104. The quantitative estimate of drug-likeness (QED) is 0.926. The van der Waals surface area contributed by atoms with Crippen molar-refractivity contribution < 1.29 is 19.4 Å². The lowest BCUT2D eigenvalue weighted by Crippen LogP contribution is -2.52.